The van der Waals surface area contributed by atoms with Gasteiger partial charge in [0, 0.05) is 25.2 Å². The van der Waals surface area contributed by atoms with Crippen LogP contribution in [0.25, 0.3) is 11.0 Å². The number of hydrogen-bond acceptors (Lipinski definition) is 3. The van der Waals surface area contributed by atoms with Gasteiger partial charge in [-0.15, -0.1) is 0 Å². The molecule has 1 amide bonds. The standard InChI is InChI=1S/C22H26N4O/c1-17-4-6-18(7-5-17)15-23-22(27)19-8-9-21-20(14-19)24-16-26(21)13-12-25-10-2-3-11-25/h4-9,14,16H,2-3,10-13,15H2,1H3,(H,23,27). The summed E-state index contributed by atoms with van der Waals surface area (Å²) in [5.74, 6) is -0.0657. The number of benzene rings is 2. The summed E-state index contributed by atoms with van der Waals surface area (Å²) in [5, 5.41) is 2.99. The van der Waals surface area contributed by atoms with Gasteiger partial charge in [0.1, 0.15) is 0 Å². The van der Waals surface area contributed by atoms with Crippen LogP contribution in [0.15, 0.2) is 48.8 Å². The topological polar surface area (TPSA) is 50.2 Å². The number of aromatic nitrogens is 2. The maximum atomic E-state index is 12.5. The van der Waals surface area contributed by atoms with Crippen molar-refractivity contribution in [2.24, 2.45) is 0 Å². The normalized spacial score (nSPS) is 14.7. The molecule has 1 fully saturated rings. The Morgan fingerprint density at radius 1 is 1.07 bits per heavy atom. The molecule has 2 heterocycles. The van der Waals surface area contributed by atoms with Gasteiger partial charge >= 0.3 is 0 Å². The Hall–Kier alpha value is -2.66. The molecule has 1 saturated heterocycles. The number of nitrogens with one attached hydrogen (secondary N) is 1. The molecule has 1 aliphatic heterocycles. The highest BCUT2D eigenvalue weighted by Crippen LogP contribution is 2.16. The zero-order chi connectivity index (χ0) is 18.6. The molecule has 1 aliphatic rings. The van der Waals surface area contributed by atoms with Crippen molar-refractivity contribution in [2.45, 2.75) is 32.9 Å². The van der Waals surface area contributed by atoms with Gasteiger partial charge in [-0.25, -0.2) is 4.98 Å². The van der Waals surface area contributed by atoms with E-state index in [0.717, 1.165) is 29.7 Å². The summed E-state index contributed by atoms with van der Waals surface area (Å²) in [7, 11) is 0. The van der Waals surface area contributed by atoms with Crippen LogP contribution in [0.3, 0.4) is 0 Å². The van der Waals surface area contributed by atoms with E-state index in [4.69, 9.17) is 0 Å². The van der Waals surface area contributed by atoms with E-state index < -0.39 is 0 Å². The second kappa shape index (κ2) is 7.92. The molecule has 0 unspecified atom stereocenters. The second-order valence-corrected chi connectivity index (χ2v) is 7.36. The first kappa shape index (κ1) is 17.7. The van der Waals surface area contributed by atoms with Gasteiger partial charge < -0.3 is 14.8 Å². The largest absolute Gasteiger partial charge is 0.348 e. The summed E-state index contributed by atoms with van der Waals surface area (Å²) in [6, 6.07) is 14.0. The van der Waals surface area contributed by atoms with Crippen molar-refractivity contribution in [3.8, 4) is 0 Å². The predicted octanol–water partition coefficient (Wildman–Crippen LogP) is 3.37. The first-order chi connectivity index (χ1) is 13.2. The third-order valence-electron chi connectivity index (χ3n) is 5.31. The number of aryl methyl sites for hydroxylation is 1. The molecular weight excluding hydrogens is 336 g/mol. The van der Waals surface area contributed by atoms with Crippen molar-refractivity contribution < 1.29 is 4.79 Å². The molecule has 0 saturated carbocycles. The first-order valence-electron chi connectivity index (χ1n) is 9.70. The number of carbonyl (C=O) groups is 1. The number of hydrogen-bond donors (Lipinski definition) is 1. The lowest BCUT2D eigenvalue weighted by molar-refractivity contribution is 0.0951. The minimum Gasteiger partial charge on any atom is -0.348 e. The van der Waals surface area contributed by atoms with Crippen molar-refractivity contribution in [3.05, 3.63) is 65.5 Å². The quantitative estimate of drug-likeness (QED) is 0.731. The number of fused-ring (bicyclic) bond motifs is 1. The summed E-state index contributed by atoms with van der Waals surface area (Å²) in [4.78, 5) is 19.5. The SMILES string of the molecule is Cc1ccc(CNC(=O)c2ccc3c(c2)ncn3CCN2CCCC2)cc1. The molecule has 1 aromatic heterocycles. The summed E-state index contributed by atoms with van der Waals surface area (Å²) < 4.78 is 2.18. The average Bonchev–Trinajstić information content (AvgIpc) is 3.35. The fourth-order valence-electron chi connectivity index (χ4n) is 3.63. The summed E-state index contributed by atoms with van der Waals surface area (Å²) in [6.07, 6.45) is 4.51. The molecule has 0 atom stereocenters. The van der Waals surface area contributed by atoms with Gasteiger partial charge in [-0.3, -0.25) is 4.79 Å². The molecular formula is C22H26N4O. The van der Waals surface area contributed by atoms with Gasteiger partial charge in [0.15, 0.2) is 0 Å². The highest BCUT2D eigenvalue weighted by Gasteiger charge is 2.13. The third kappa shape index (κ3) is 4.19. The van der Waals surface area contributed by atoms with E-state index in [-0.39, 0.29) is 5.91 Å². The Balaban J connectivity index is 1.40. The smallest absolute Gasteiger partial charge is 0.251 e. The van der Waals surface area contributed by atoms with Gasteiger partial charge in [-0.2, -0.15) is 0 Å². The van der Waals surface area contributed by atoms with E-state index in [1.165, 1.54) is 31.5 Å². The van der Waals surface area contributed by atoms with Gasteiger partial charge in [-0.1, -0.05) is 29.8 Å². The Kier molecular flexibility index (Phi) is 5.21. The Labute approximate surface area is 160 Å². The van der Waals surface area contributed by atoms with Crippen LogP contribution in [-0.4, -0.2) is 40.0 Å². The highest BCUT2D eigenvalue weighted by molar-refractivity contribution is 5.97. The van der Waals surface area contributed by atoms with Gasteiger partial charge in [-0.05, 0) is 56.6 Å². The third-order valence-corrected chi connectivity index (χ3v) is 5.31. The molecule has 27 heavy (non-hydrogen) atoms. The van der Waals surface area contributed by atoms with Crippen LogP contribution in [0.2, 0.25) is 0 Å². The molecule has 5 nitrogen and oxygen atoms in total. The molecule has 3 aromatic rings. The average molecular weight is 362 g/mol. The summed E-state index contributed by atoms with van der Waals surface area (Å²) >= 11 is 0. The number of nitrogens with zero attached hydrogens (tertiary/aromatic N) is 3. The van der Waals surface area contributed by atoms with E-state index in [1.54, 1.807) is 0 Å². The molecule has 1 N–H and O–H groups in total. The number of amides is 1. The molecule has 0 spiro atoms. The highest BCUT2D eigenvalue weighted by atomic mass is 16.1. The van der Waals surface area contributed by atoms with Crippen LogP contribution in [0, 0.1) is 6.92 Å². The molecule has 0 bridgehead atoms. The van der Waals surface area contributed by atoms with Crippen LogP contribution in [0.5, 0.6) is 0 Å². The predicted molar refractivity (Wildman–Crippen MR) is 108 cm³/mol. The van der Waals surface area contributed by atoms with Crippen molar-refractivity contribution >= 4 is 16.9 Å². The number of carbonyl (C=O) groups excluding carboxylic acids is 1. The minimum atomic E-state index is -0.0657. The molecule has 0 radical (unpaired) electrons. The molecule has 140 valence electrons. The molecule has 0 aliphatic carbocycles. The second-order valence-electron chi connectivity index (χ2n) is 7.36. The van der Waals surface area contributed by atoms with Crippen molar-refractivity contribution in [1.82, 2.24) is 19.8 Å². The zero-order valence-corrected chi connectivity index (χ0v) is 15.8. The maximum absolute atomic E-state index is 12.5. The van der Waals surface area contributed by atoms with E-state index in [1.807, 2.05) is 36.7 Å². The first-order valence-corrected chi connectivity index (χ1v) is 9.70. The van der Waals surface area contributed by atoms with Gasteiger partial charge in [0.2, 0.25) is 0 Å². The summed E-state index contributed by atoms with van der Waals surface area (Å²) in [6.45, 7) is 7.00. The summed E-state index contributed by atoms with van der Waals surface area (Å²) in [5.41, 5.74) is 4.93. The van der Waals surface area contributed by atoms with Crippen LogP contribution >= 0.6 is 0 Å². The monoisotopic (exact) mass is 362 g/mol. The molecule has 4 rings (SSSR count). The van der Waals surface area contributed by atoms with Gasteiger partial charge in [0.05, 0.1) is 17.4 Å². The lowest BCUT2D eigenvalue weighted by Crippen LogP contribution is -2.24. The Morgan fingerprint density at radius 3 is 2.63 bits per heavy atom. The van der Waals surface area contributed by atoms with E-state index in [0.29, 0.717) is 12.1 Å². The lowest BCUT2D eigenvalue weighted by Gasteiger charge is -2.15. The molecule has 5 heteroatoms. The zero-order valence-electron chi connectivity index (χ0n) is 15.8. The van der Waals surface area contributed by atoms with Gasteiger partial charge in [0.25, 0.3) is 5.91 Å². The molecule has 2 aromatic carbocycles. The fourth-order valence-corrected chi connectivity index (χ4v) is 3.63. The Morgan fingerprint density at radius 2 is 1.85 bits per heavy atom. The van der Waals surface area contributed by atoms with Crippen molar-refractivity contribution in [1.29, 1.82) is 0 Å². The van der Waals surface area contributed by atoms with Crippen LogP contribution < -0.4 is 5.32 Å². The number of likely N-dealkylation sites (tertiary alicyclic amines) is 1. The Bertz CT molecular complexity index is 923. The number of rotatable bonds is 6. The van der Waals surface area contributed by atoms with Crippen LogP contribution in [0.1, 0.15) is 34.3 Å². The maximum Gasteiger partial charge on any atom is 0.251 e. The van der Waals surface area contributed by atoms with E-state index in [9.17, 15) is 4.79 Å². The van der Waals surface area contributed by atoms with Crippen molar-refractivity contribution in [3.63, 3.8) is 0 Å². The van der Waals surface area contributed by atoms with Crippen LogP contribution in [0.4, 0.5) is 0 Å². The van der Waals surface area contributed by atoms with Crippen LogP contribution in [-0.2, 0) is 13.1 Å². The van der Waals surface area contributed by atoms with E-state index >= 15 is 0 Å². The minimum absolute atomic E-state index is 0.0657. The van der Waals surface area contributed by atoms with Crippen molar-refractivity contribution in [2.75, 3.05) is 19.6 Å². The fraction of sp³-hybridized carbons (Fsp3) is 0.364. The van der Waals surface area contributed by atoms with E-state index in [2.05, 4.69) is 38.8 Å². The lowest BCUT2D eigenvalue weighted by atomic mass is 10.1. The number of imidazole rings is 1.